The van der Waals surface area contributed by atoms with Gasteiger partial charge in [-0.1, -0.05) is 13.3 Å². The van der Waals surface area contributed by atoms with Crippen molar-refractivity contribution in [2.24, 2.45) is 0 Å². The summed E-state index contributed by atoms with van der Waals surface area (Å²) < 4.78 is 10.8. The molecule has 0 bridgehead atoms. The van der Waals surface area contributed by atoms with Gasteiger partial charge in [-0.3, -0.25) is 9.59 Å². The maximum Gasteiger partial charge on any atom is 0.336 e. The second kappa shape index (κ2) is 9.54. The van der Waals surface area contributed by atoms with Gasteiger partial charge in [0.15, 0.2) is 6.61 Å². The number of benzene rings is 1. The van der Waals surface area contributed by atoms with E-state index in [0.717, 1.165) is 23.8 Å². The molecular weight excluding hydrogens is 368 g/mol. The van der Waals surface area contributed by atoms with E-state index in [-0.39, 0.29) is 13.2 Å². The molecular formula is C19H21N2O7-. The molecule has 2 N–H and O–H groups in total. The highest BCUT2D eigenvalue weighted by Gasteiger charge is 2.13. The molecule has 0 unspecified atom stereocenters. The lowest BCUT2D eigenvalue weighted by Crippen LogP contribution is -2.43. The van der Waals surface area contributed by atoms with Crippen LogP contribution in [0.15, 0.2) is 27.4 Å². The van der Waals surface area contributed by atoms with Crippen LogP contribution in [0.25, 0.3) is 11.0 Å². The molecule has 2 rings (SSSR count). The number of aryl methyl sites for hydroxylation is 2. The Bertz CT molecular complexity index is 949. The van der Waals surface area contributed by atoms with Crippen LogP contribution in [0, 0.1) is 6.92 Å². The molecule has 0 fully saturated rings. The molecule has 1 aromatic carbocycles. The number of carbonyl (C=O) groups is 3. The zero-order valence-electron chi connectivity index (χ0n) is 15.6. The number of hydrogen-bond acceptors (Lipinski definition) is 7. The van der Waals surface area contributed by atoms with E-state index in [1.807, 2.05) is 6.92 Å². The van der Waals surface area contributed by atoms with E-state index in [9.17, 15) is 24.3 Å². The Hall–Kier alpha value is -3.36. The van der Waals surface area contributed by atoms with Crippen LogP contribution in [0.4, 0.5) is 0 Å². The van der Waals surface area contributed by atoms with Crippen LogP contribution in [0.3, 0.4) is 0 Å². The van der Waals surface area contributed by atoms with Crippen LogP contribution in [0.5, 0.6) is 5.75 Å². The molecule has 28 heavy (non-hydrogen) atoms. The van der Waals surface area contributed by atoms with E-state index in [0.29, 0.717) is 16.9 Å². The normalized spacial score (nSPS) is 10.5. The fourth-order valence-electron chi connectivity index (χ4n) is 2.65. The first-order valence-electron chi connectivity index (χ1n) is 8.74. The summed E-state index contributed by atoms with van der Waals surface area (Å²) in [7, 11) is 0. The third kappa shape index (κ3) is 5.57. The summed E-state index contributed by atoms with van der Waals surface area (Å²) in [5.74, 6) is -2.28. The van der Waals surface area contributed by atoms with Crippen molar-refractivity contribution in [1.82, 2.24) is 10.6 Å². The molecule has 0 aliphatic heterocycles. The van der Waals surface area contributed by atoms with E-state index >= 15 is 0 Å². The number of carboxylic acids is 1. The molecule has 0 saturated heterocycles. The van der Waals surface area contributed by atoms with Gasteiger partial charge in [0.05, 0.1) is 19.1 Å². The molecule has 0 atom stereocenters. The molecule has 0 spiro atoms. The van der Waals surface area contributed by atoms with Gasteiger partial charge in [-0.2, -0.15) is 0 Å². The number of aliphatic carboxylic acids is 1. The fraction of sp³-hybridized carbons (Fsp3) is 0.368. The molecule has 0 aliphatic rings. The quantitative estimate of drug-likeness (QED) is 0.547. The minimum Gasteiger partial charge on any atom is -0.548 e. The standard InChI is InChI=1S/C19H22N2O7/c1-3-4-12-7-18(26)28-19-11(2)14(6-5-13(12)19)27-10-16(23)20-8-15(22)21-9-17(24)25/h5-7H,3-4,8-10H2,1-2H3,(H,20,23)(H,21,22)(H,24,25)/p-1. The summed E-state index contributed by atoms with van der Waals surface area (Å²) in [6.45, 7) is 2.36. The Kier molecular flexibility index (Phi) is 7.14. The summed E-state index contributed by atoms with van der Waals surface area (Å²) in [5.41, 5.74) is 1.45. The van der Waals surface area contributed by atoms with Gasteiger partial charge in [-0.25, -0.2) is 4.79 Å². The van der Waals surface area contributed by atoms with Crippen LogP contribution in [0.1, 0.15) is 24.5 Å². The van der Waals surface area contributed by atoms with Crippen molar-refractivity contribution >= 4 is 28.8 Å². The molecule has 150 valence electrons. The lowest BCUT2D eigenvalue weighted by molar-refractivity contribution is -0.304. The summed E-state index contributed by atoms with van der Waals surface area (Å²) in [4.78, 5) is 45.2. The number of ether oxygens (including phenoxy) is 1. The third-order valence-electron chi connectivity index (χ3n) is 3.95. The van der Waals surface area contributed by atoms with Crippen molar-refractivity contribution in [3.63, 3.8) is 0 Å². The van der Waals surface area contributed by atoms with Gasteiger partial charge in [0, 0.05) is 17.0 Å². The van der Waals surface area contributed by atoms with Gasteiger partial charge in [-0.15, -0.1) is 0 Å². The number of carboxylic acid groups (broad SMARTS) is 1. The molecule has 9 nitrogen and oxygen atoms in total. The number of amides is 2. The fourth-order valence-corrected chi connectivity index (χ4v) is 2.65. The minimum atomic E-state index is -1.43. The second-order valence-corrected chi connectivity index (χ2v) is 6.12. The average molecular weight is 389 g/mol. The van der Waals surface area contributed by atoms with Crippen LogP contribution in [-0.2, 0) is 20.8 Å². The van der Waals surface area contributed by atoms with Crippen molar-refractivity contribution in [2.45, 2.75) is 26.7 Å². The molecule has 0 aliphatic carbocycles. The largest absolute Gasteiger partial charge is 0.548 e. The Labute approximate surface area is 160 Å². The van der Waals surface area contributed by atoms with E-state index in [2.05, 4.69) is 10.6 Å². The van der Waals surface area contributed by atoms with Crippen molar-refractivity contribution in [1.29, 1.82) is 0 Å². The summed E-state index contributed by atoms with van der Waals surface area (Å²) in [5, 5.41) is 15.4. The van der Waals surface area contributed by atoms with E-state index in [1.165, 1.54) is 6.07 Å². The van der Waals surface area contributed by atoms with Gasteiger partial charge >= 0.3 is 5.63 Å². The topological polar surface area (TPSA) is 138 Å². The molecule has 0 saturated carbocycles. The average Bonchev–Trinajstić information content (AvgIpc) is 2.64. The Morgan fingerprint density at radius 2 is 1.86 bits per heavy atom. The molecule has 9 heteroatoms. The zero-order chi connectivity index (χ0) is 20.7. The predicted octanol–water partition coefficient (Wildman–Crippen LogP) is -0.585. The minimum absolute atomic E-state index is 0.362. The Morgan fingerprint density at radius 1 is 1.14 bits per heavy atom. The highest BCUT2D eigenvalue weighted by molar-refractivity contribution is 5.87. The number of hydrogen-bond donors (Lipinski definition) is 2. The van der Waals surface area contributed by atoms with Gasteiger partial charge in [-0.05, 0) is 31.0 Å². The Morgan fingerprint density at radius 3 is 2.54 bits per heavy atom. The molecule has 1 aromatic heterocycles. The van der Waals surface area contributed by atoms with E-state index < -0.39 is 30.0 Å². The van der Waals surface area contributed by atoms with E-state index in [1.54, 1.807) is 19.1 Å². The van der Waals surface area contributed by atoms with Crippen LogP contribution < -0.4 is 26.1 Å². The number of fused-ring (bicyclic) bond motifs is 1. The monoisotopic (exact) mass is 389 g/mol. The first-order valence-corrected chi connectivity index (χ1v) is 8.74. The van der Waals surface area contributed by atoms with Crippen molar-refractivity contribution in [2.75, 3.05) is 19.7 Å². The lowest BCUT2D eigenvalue weighted by Gasteiger charge is -2.12. The van der Waals surface area contributed by atoms with Crippen LogP contribution in [0.2, 0.25) is 0 Å². The van der Waals surface area contributed by atoms with E-state index in [4.69, 9.17) is 9.15 Å². The first kappa shape index (κ1) is 20.9. The van der Waals surface area contributed by atoms with Crippen LogP contribution in [-0.4, -0.2) is 37.5 Å². The first-order chi connectivity index (χ1) is 13.3. The smallest absolute Gasteiger partial charge is 0.336 e. The molecule has 0 radical (unpaired) electrons. The van der Waals surface area contributed by atoms with Gasteiger partial charge in [0.2, 0.25) is 5.91 Å². The van der Waals surface area contributed by atoms with Gasteiger partial charge < -0.3 is 29.7 Å². The van der Waals surface area contributed by atoms with Crippen molar-refractivity contribution in [3.8, 4) is 5.75 Å². The zero-order valence-corrected chi connectivity index (χ0v) is 15.6. The third-order valence-corrected chi connectivity index (χ3v) is 3.95. The number of carbonyl (C=O) groups excluding carboxylic acids is 3. The Balaban J connectivity index is 2.01. The molecule has 2 amide bonds. The van der Waals surface area contributed by atoms with Crippen molar-refractivity contribution < 1.29 is 28.6 Å². The lowest BCUT2D eigenvalue weighted by atomic mass is 10.0. The maximum absolute atomic E-state index is 11.8. The van der Waals surface area contributed by atoms with Gasteiger partial charge in [0.1, 0.15) is 11.3 Å². The molecule has 1 heterocycles. The molecule has 2 aromatic rings. The number of rotatable bonds is 9. The predicted molar refractivity (Wildman–Crippen MR) is 97.7 cm³/mol. The van der Waals surface area contributed by atoms with Crippen molar-refractivity contribution in [3.05, 3.63) is 39.7 Å². The highest BCUT2D eigenvalue weighted by Crippen LogP contribution is 2.28. The SMILES string of the molecule is CCCc1cc(=O)oc2c(C)c(OCC(=O)NCC(=O)NCC(=O)[O-])ccc12. The summed E-state index contributed by atoms with van der Waals surface area (Å²) >= 11 is 0. The summed E-state index contributed by atoms with van der Waals surface area (Å²) in [6, 6.07) is 4.94. The maximum atomic E-state index is 11.8. The second-order valence-electron chi connectivity index (χ2n) is 6.12. The summed E-state index contributed by atoms with van der Waals surface area (Å²) in [6.07, 6.45) is 1.62. The number of nitrogens with one attached hydrogen (secondary N) is 2. The highest BCUT2D eigenvalue weighted by atomic mass is 16.5. The van der Waals surface area contributed by atoms with Crippen LogP contribution >= 0.6 is 0 Å². The van der Waals surface area contributed by atoms with Gasteiger partial charge in [0.25, 0.3) is 5.91 Å².